The van der Waals surface area contributed by atoms with Gasteiger partial charge in [-0.05, 0) is 69.7 Å². The number of rotatable bonds is 7. The summed E-state index contributed by atoms with van der Waals surface area (Å²) in [5, 5.41) is 8.21. The van der Waals surface area contributed by atoms with Crippen LogP contribution in [0.25, 0.3) is 0 Å². The van der Waals surface area contributed by atoms with Crippen molar-refractivity contribution in [2.24, 2.45) is 0 Å². The lowest BCUT2D eigenvalue weighted by Gasteiger charge is -2.05. The third kappa shape index (κ3) is 27.5. The molecule has 3 N–H and O–H groups in total. The number of sulfone groups is 1. The fraction of sp³-hybridized carbons (Fsp3) is 0.500. The molecule has 0 saturated heterocycles. The van der Waals surface area contributed by atoms with Gasteiger partial charge in [-0.1, -0.05) is 28.3 Å². The number of methoxy groups -OCH3 is 4. The fourth-order valence-corrected chi connectivity index (χ4v) is 2.89. The molecule has 0 bridgehead atoms. The van der Waals surface area contributed by atoms with Gasteiger partial charge in [0.25, 0.3) is 5.56 Å². The van der Waals surface area contributed by atoms with Gasteiger partial charge in [-0.25, -0.2) is 8.42 Å². The topological polar surface area (TPSA) is 157 Å². The van der Waals surface area contributed by atoms with Crippen molar-refractivity contribution in [3.05, 3.63) is 92.8 Å². The van der Waals surface area contributed by atoms with Crippen molar-refractivity contribution in [2.45, 2.75) is 67.1 Å². The lowest BCUT2D eigenvalue weighted by atomic mass is 10.3. The molecule has 0 unspecified atom stereocenters. The number of hydrogen-bond acceptors (Lipinski definition) is 9. The zero-order valence-corrected chi connectivity index (χ0v) is 26.3. The van der Waals surface area contributed by atoms with Crippen molar-refractivity contribution < 1.29 is 32.5 Å². The number of hydrogen-bond donors (Lipinski definition) is 3. The Morgan fingerprint density at radius 2 is 1.36 bits per heavy atom. The molecule has 0 saturated carbocycles. The Kier molecular flexibility index (Phi) is 34.1. The molecule has 0 aliphatic rings. The molecule has 2 aromatic heterocycles. The number of H-pyrrole nitrogens is 2. The third-order valence-corrected chi connectivity index (χ3v) is 6.02. The van der Waals surface area contributed by atoms with E-state index in [-0.39, 0.29) is 52.2 Å². The normalized spacial score (nSPS) is 10.6. The number of pyridine rings is 2. The van der Waals surface area contributed by atoms with E-state index < -0.39 is 9.84 Å². The maximum atomic E-state index is 11.0. The van der Waals surface area contributed by atoms with Gasteiger partial charge in [0.2, 0.25) is 5.56 Å². The molecular weight excluding hydrogens is 588 g/mol. The van der Waals surface area contributed by atoms with Crippen LogP contribution in [0.3, 0.4) is 0 Å². The maximum absolute atomic E-state index is 11.0. The van der Waals surface area contributed by atoms with Crippen LogP contribution in [0, 0.1) is 13.8 Å². The number of aryl methyl sites for hydroxylation is 2. The molecule has 11 nitrogen and oxygen atoms in total. The van der Waals surface area contributed by atoms with Gasteiger partial charge in [-0.15, -0.1) is 0 Å². The third-order valence-electron chi connectivity index (χ3n) is 4.90. The predicted molar refractivity (Wildman–Crippen MR) is 182 cm³/mol. The summed E-state index contributed by atoms with van der Waals surface area (Å²) in [6.45, 7) is 8.21. The van der Waals surface area contributed by atoms with Crippen LogP contribution < -0.4 is 15.9 Å². The first-order chi connectivity index (χ1) is 19.2. The van der Waals surface area contributed by atoms with Crippen molar-refractivity contribution in [2.75, 3.05) is 47.9 Å². The minimum Gasteiger partial charge on any atom is -0.497 e. The van der Waals surface area contributed by atoms with E-state index in [4.69, 9.17) is 19.3 Å². The van der Waals surface area contributed by atoms with Crippen LogP contribution in [-0.2, 0) is 24.0 Å². The highest BCUT2D eigenvalue weighted by Crippen LogP contribution is 2.14. The summed E-state index contributed by atoms with van der Waals surface area (Å²) in [6.07, 6.45) is 4.65. The second kappa shape index (κ2) is 29.8. The second-order valence-corrected chi connectivity index (χ2v) is 10.6. The standard InChI is InChI=1S/C8H10O3S.2C6H7NO.C5H12O2.C4H10O2.3CH4/c1-11-7-3-5-8(6-4-7)12(2,9)10;1-5-2-3-7-6(8)4-5;1-5-3-2-4-7-6(5)8;1-5(7-3)4-6-2;1-4(3-5)6-2;;;/h3-6H,1-2H3;2*2-4H,1H3,(H,7,8);5H,4H2,1-3H3;4-5H,3H2,1-2H3;3*1H4/t;;;5-;4-;;;/m...11.../s1. The smallest absolute Gasteiger partial charge is 0.250 e. The summed E-state index contributed by atoms with van der Waals surface area (Å²) in [5.74, 6) is 0.655. The van der Waals surface area contributed by atoms with Crippen molar-refractivity contribution in [3.63, 3.8) is 0 Å². The number of benzene rings is 1. The molecule has 256 valence electrons. The highest BCUT2D eigenvalue weighted by molar-refractivity contribution is 7.90. The van der Waals surface area contributed by atoms with E-state index in [0.717, 1.165) is 11.1 Å². The Morgan fingerprint density at radius 3 is 1.61 bits per heavy atom. The van der Waals surface area contributed by atoms with E-state index in [1.54, 1.807) is 77.9 Å². The van der Waals surface area contributed by atoms with Gasteiger partial charge in [-0.3, -0.25) is 9.59 Å². The van der Waals surface area contributed by atoms with Crippen LogP contribution in [-0.4, -0.2) is 83.6 Å². The van der Waals surface area contributed by atoms with Crippen LogP contribution in [0.15, 0.2) is 75.4 Å². The summed E-state index contributed by atoms with van der Waals surface area (Å²) >= 11 is 0. The number of nitrogens with one attached hydrogen (secondary N) is 2. The number of aromatic amines is 2. The molecule has 0 amide bonds. The average molecular weight is 647 g/mol. The molecular formula is C32H58N2O9S. The molecule has 12 heteroatoms. The van der Waals surface area contributed by atoms with Crippen LogP contribution in [0.1, 0.15) is 47.3 Å². The summed E-state index contributed by atoms with van der Waals surface area (Å²) in [6, 6.07) is 13.3. The number of aliphatic hydroxyl groups excluding tert-OH is 1. The fourth-order valence-electron chi connectivity index (χ4n) is 2.26. The van der Waals surface area contributed by atoms with Crippen molar-refractivity contribution in [1.29, 1.82) is 0 Å². The molecule has 2 atom stereocenters. The lowest BCUT2D eigenvalue weighted by Crippen LogP contribution is -2.11. The molecule has 2 heterocycles. The molecule has 3 aromatic rings. The van der Waals surface area contributed by atoms with Gasteiger partial charge in [0.05, 0.1) is 37.4 Å². The van der Waals surface area contributed by atoms with Crippen LogP contribution in [0.4, 0.5) is 0 Å². The number of aromatic nitrogens is 2. The lowest BCUT2D eigenvalue weighted by molar-refractivity contribution is 0.0401. The summed E-state index contributed by atoms with van der Waals surface area (Å²) in [5.41, 5.74) is 1.71. The van der Waals surface area contributed by atoms with Crippen LogP contribution in [0.2, 0.25) is 0 Å². The Morgan fingerprint density at radius 1 is 0.818 bits per heavy atom. The minimum absolute atomic E-state index is 0. The monoisotopic (exact) mass is 646 g/mol. The molecule has 3 rings (SSSR count). The Hall–Kier alpha value is -3.29. The SMILES string of the molecule is C.C.C.COC[C@@H](C)OC.CO[C@H](C)CO.COc1ccc(S(C)(=O)=O)cc1.Cc1cc[nH]c(=O)c1.Cc1ccc[nH]c1=O. The molecule has 0 spiro atoms. The summed E-state index contributed by atoms with van der Waals surface area (Å²) in [7, 11) is 3.36. The summed E-state index contributed by atoms with van der Waals surface area (Å²) in [4.78, 5) is 26.4. The van der Waals surface area contributed by atoms with Gasteiger partial charge in [-0.2, -0.15) is 0 Å². The van der Waals surface area contributed by atoms with Gasteiger partial charge >= 0.3 is 0 Å². The molecule has 0 radical (unpaired) electrons. The average Bonchev–Trinajstić information content (AvgIpc) is 2.95. The highest BCUT2D eigenvalue weighted by atomic mass is 32.2. The van der Waals surface area contributed by atoms with Gasteiger partial charge in [0.1, 0.15) is 5.75 Å². The van der Waals surface area contributed by atoms with Crippen molar-refractivity contribution in [3.8, 4) is 5.75 Å². The number of aliphatic hydroxyl groups is 1. The molecule has 0 aliphatic heterocycles. The zero-order chi connectivity index (χ0) is 31.8. The first-order valence-corrected chi connectivity index (χ1v) is 14.4. The summed E-state index contributed by atoms with van der Waals surface area (Å²) < 4.78 is 41.2. The largest absolute Gasteiger partial charge is 0.497 e. The van der Waals surface area contributed by atoms with E-state index in [9.17, 15) is 18.0 Å². The Bertz CT molecular complexity index is 1270. The quantitative estimate of drug-likeness (QED) is 0.319. The van der Waals surface area contributed by atoms with E-state index in [1.807, 2.05) is 19.9 Å². The van der Waals surface area contributed by atoms with Crippen LogP contribution in [0.5, 0.6) is 5.75 Å². The van der Waals surface area contributed by atoms with E-state index >= 15 is 0 Å². The highest BCUT2D eigenvalue weighted by Gasteiger charge is 2.05. The maximum Gasteiger partial charge on any atom is 0.250 e. The van der Waals surface area contributed by atoms with E-state index in [2.05, 4.69) is 14.7 Å². The first-order valence-electron chi connectivity index (χ1n) is 12.5. The zero-order valence-electron chi connectivity index (χ0n) is 25.5. The van der Waals surface area contributed by atoms with Crippen LogP contribution >= 0.6 is 0 Å². The molecule has 0 fully saturated rings. The van der Waals surface area contributed by atoms with E-state index in [0.29, 0.717) is 17.3 Å². The molecule has 44 heavy (non-hydrogen) atoms. The Labute approximate surface area is 265 Å². The van der Waals surface area contributed by atoms with Crippen molar-refractivity contribution >= 4 is 9.84 Å². The van der Waals surface area contributed by atoms with Gasteiger partial charge in [0.15, 0.2) is 9.84 Å². The van der Waals surface area contributed by atoms with Gasteiger partial charge in [0, 0.05) is 51.6 Å². The van der Waals surface area contributed by atoms with E-state index in [1.165, 1.54) is 25.5 Å². The second-order valence-electron chi connectivity index (χ2n) is 8.59. The molecule has 1 aromatic carbocycles. The van der Waals surface area contributed by atoms with Crippen molar-refractivity contribution in [1.82, 2.24) is 9.97 Å². The number of ether oxygens (including phenoxy) is 4. The minimum atomic E-state index is -3.08. The predicted octanol–water partition coefficient (Wildman–Crippen LogP) is 5.05. The molecule has 0 aliphatic carbocycles. The first kappa shape index (κ1) is 50.3. The Balaban J connectivity index is -0.000000145. The van der Waals surface area contributed by atoms with Gasteiger partial charge < -0.3 is 34.0 Å².